The smallest absolute Gasteiger partial charge is 0.277 e. The Kier molecular flexibility index (Phi) is 5.43. The molecule has 0 aliphatic carbocycles. The van der Waals surface area contributed by atoms with Gasteiger partial charge in [-0.25, -0.2) is 4.39 Å². The molecule has 2 aromatic carbocycles. The summed E-state index contributed by atoms with van der Waals surface area (Å²) in [6.45, 7) is 1.34. The van der Waals surface area contributed by atoms with Gasteiger partial charge in [0.25, 0.3) is 5.22 Å². The molecule has 1 aliphatic heterocycles. The average molecular weight is 401 g/mol. The fraction of sp³-hybridized carbons (Fsp3) is 0.211. The van der Waals surface area contributed by atoms with E-state index in [1.54, 1.807) is 24.3 Å². The summed E-state index contributed by atoms with van der Waals surface area (Å²) < 4.78 is 29.5. The maximum absolute atomic E-state index is 12.9. The molecule has 0 unspecified atom stereocenters. The summed E-state index contributed by atoms with van der Waals surface area (Å²) in [4.78, 5) is 12.0. The topological polar surface area (TPSA) is 86.5 Å². The van der Waals surface area contributed by atoms with Crippen LogP contribution in [0.15, 0.2) is 52.1 Å². The van der Waals surface area contributed by atoms with Crippen LogP contribution in [0.1, 0.15) is 5.56 Å². The minimum Gasteiger partial charge on any atom is -0.486 e. The molecule has 28 heavy (non-hydrogen) atoms. The van der Waals surface area contributed by atoms with Crippen LogP contribution in [0.5, 0.6) is 11.5 Å². The zero-order valence-corrected chi connectivity index (χ0v) is 15.5. The van der Waals surface area contributed by atoms with Crippen LogP contribution in [0.3, 0.4) is 0 Å². The van der Waals surface area contributed by atoms with Crippen LogP contribution >= 0.6 is 11.8 Å². The highest BCUT2D eigenvalue weighted by Crippen LogP contribution is 2.34. The lowest BCUT2D eigenvalue weighted by atomic mass is 10.2. The molecule has 0 radical (unpaired) electrons. The van der Waals surface area contributed by atoms with E-state index in [0.717, 1.165) is 17.3 Å². The van der Waals surface area contributed by atoms with Gasteiger partial charge in [0.2, 0.25) is 11.8 Å². The summed E-state index contributed by atoms with van der Waals surface area (Å²) in [6.07, 6.45) is 0. The molecule has 7 nitrogen and oxygen atoms in total. The van der Waals surface area contributed by atoms with Crippen molar-refractivity contribution in [2.45, 2.75) is 11.8 Å². The van der Waals surface area contributed by atoms with Gasteiger partial charge in [0.1, 0.15) is 19.0 Å². The molecule has 3 aromatic rings. The molecule has 144 valence electrons. The number of carbonyl (C=O) groups is 1. The van der Waals surface area contributed by atoms with Gasteiger partial charge in [-0.2, -0.15) is 0 Å². The van der Waals surface area contributed by atoms with Crippen LogP contribution in [-0.4, -0.2) is 35.1 Å². The van der Waals surface area contributed by atoms with E-state index in [9.17, 15) is 9.18 Å². The maximum Gasteiger partial charge on any atom is 0.277 e. The van der Waals surface area contributed by atoms with E-state index in [2.05, 4.69) is 15.5 Å². The standard InChI is InChI=1S/C19H16FN3O4S/c20-14-4-1-12(2-5-14)10-21-17(24)11-28-19-23-22-18(27-19)13-3-6-15-16(9-13)26-8-7-25-15/h1-6,9H,7-8,10-11H2,(H,21,24). The number of rotatable bonds is 6. The summed E-state index contributed by atoms with van der Waals surface area (Å²) in [5, 5.41) is 11.0. The third-order valence-electron chi connectivity index (χ3n) is 3.93. The van der Waals surface area contributed by atoms with Crippen molar-refractivity contribution in [2.75, 3.05) is 19.0 Å². The highest BCUT2D eigenvalue weighted by molar-refractivity contribution is 7.99. The molecule has 0 fully saturated rings. The number of hydrogen-bond acceptors (Lipinski definition) is 7. The van der Waals surface area contributed by atoms with Crippen LogP contribution < -0.4 is 14.8 Å². The van der Waals surface area contributed by atoms with E-state index in [1.165, 1.54) is 12.1 Å². The molecule has 1 amide bonds. The van der Waals surface area contributed by atoms with Gasteiger partial charge >= 0.3 is 0 Å². The van der Waals surface area contributed by atoms with Crippen molar-refractivity contribution in [1.29, 1.82) is 0 Å². The van der Waals surface area contributed by atoms with E-state index in [-0.39, 0.29) is 17.5 Å². The summed E-state index contributed by atoms with van der Waals surface area (Å²) in [6, 6.07) is 11.4. The summed E-state index contributed by atoms with van der Waals surface area (Å²) in [5.41, 5.74) is 1.53. The van der Waals surface area contributed by atoms with E-state index in [1.807, 2.05) is 6.07 Å². The Morgan fingerprint density at radius 3 is 2.68 bits per heavy atom. The van der Waals surface area contributed by atoms with Gasteiger partial charge in [-0.15, -0.1) is 10.2 Å². The van der Waals surface area contributed by atoms with Crippen molar-refractivity contribution in [3.05, 3.63) is 53.8 Å². The Morgan fingerprint density at radius 1 is 1.07 bits per heavy atom. The second kappa shape index (κ2) is 8.30. The number of amides is 1. The van der Waals surface area contributed by atoms with Gasteiger partial charge in [0.15, 0.2) is 11.5 Å². The molecule has 9 heteroatoms. The van der Waals surface area contributed by atoms with Crippen molar-refractivity contribution < 1.29 is 23.1 Å². The van der Waals surface area contributed by atoms with E-state index in [4.69, 9.17) is 13.9 Å². The van der Waals surface area contributed by atoms with Crippen LogP contribution in [0.2, 0.25) is 0 Å². The van der Waals surface area contributed by atoms with Gasteiger partial charge in [-0.1, -0.05) is 23.9 Å². The second-order valence-corrected chi connectivity index (χ2v) is 6.85. The first-order chi connectivity index (χ1) is 13.7. The number of benzene rings is 2. The number of halogens is 1. The molecule has 0 saturated heterocycles. The maximum atomic E-state index is 12.9. The van der Waals surface area contributed by atoms with Crippen molar-refractivity contribution in [3.8, 4) is 23.0 Å². The van der Waals surface area contributed by atoms with Crippen molar-refractivity contribution in [3.63, 3.8) is 0 Å². The summed E-state index contributed by atoms with van der Waals surface area (Å²) in [5.74, 6) is 1.29. The monoisotopic (exact) mass is 401 g/mol. The number of nitrogens with one attached hydrogen (secondary N) is 1. The van der Waals surface area contributed by atoms with Crippen LogP contribution in [-0.2, 0) is 11.3 Å². The Balaban J connectivity index is 1.31. The molecule has 1 aromatic heterocycles. The molecule has 0 saturated carbocycles. The van der Waals surface area contributed by atoms with E-state index in [0.29, 0.717) is 47.9 Å². The first-order valence-corrected chi connectivity index (χ1v) is 9.53. The number of aromatic nitrogens is 2. The minimum absolute atomic E-state index is 0.129. The highest BCUT2D eigenvalue weighted by atomic mass is 32.2. The highest BCUT2D eigenvalue weighted by Gasteiger charge is 2.16. The van der Waals surface area contributed by atoms with E-state index >= 15 is 0 Å². The summed E-state index contributed by atoms with van der Waals surface area (Å²) in [7, 11) is 0. The van der Waals surface area contributed by atoms with E-state index < -0.39 is 0 Å². The molecule has 0 atom stereocenters. The molecular weight excluding hydrogens is 385 g/mol. The molecule has 0 spiro atoms. The molecule has 4 rings (SSSR count). The lowest BCUT2D eigenvalue weighted by Crippen LogP contribution is -2.24. The molecule has 1 aliphatic rings. The Morgan fingerprint density at radius 2 is 1.86 bits per heavy atom. The SMILES string of the molecule is O=C(CSc1nnc(-c2ccc3c(c2)OCCO3)o1)NCc1ccc(F)cc1. The normalized spacial score (nSPS) is 12.6. The fourth-order valence-electron chi connectivity index (χ4n) is 2.54. The van der Waals surface area contributed by atoms with Gasteiger partial charge < -0.3 is 19.2 Å². The zero-order chi connectivity index (χ0) is 19.3. The third-order valence-corrected chi connectivity index (χ3v) is 4.74. The predicted molar refractivity (Wildman–Crippen MR) is 99.7 cm³/mol. The van der Waals surface area contributed by atoms with Crippen molar-refractivity contribution in [2.24, 2.45) is 0 Å². The zero-order valence-electron chi connectivity index (χ0n) is 14.7. The number of nitrogens with zero attached hydrogens (tertiary/aromatic N) is 2. The lowest BCUT2D eigenvalue weighted by Gasteiger charge is -2.18. The number of ether oxygens (including phenoxy) is 2. The van der Waals surface area contributed by atoms with Crippen LogP contribution in [0.4, 0.5) is 4.39 Å². The second-order valence-electron chi connectivity index (χ2n) is 5.92. The first-order valence-electron chi connectivity index (χ1n) is 8.55. The first kappa shape index (κ1) is 18.3. The van der Waals surface area contributed by atoms with Gasteiger partial charge in [0.05, 0.1) is 5.75 Å². The number of thioether (sulfide) groups is 1. The minimum atomic E-state index is -0.309. The quantitative estimate of drug-likeness (QED) is 0.635. The van der Waals surface area contributed by atoms with Gasteiger partial charge in [-0.05, 0) is 35.9 Å². The summed E-state index contributed by atoms with van der Waals surface area (Å²) >= 11 is 1.14. The average Bonchev–Trinajstić information content (AvgIpc) is 3.20. The van der Waals surface area contributed by atoms with Crippen molar-refractivity contribution in [1.82, 2.24) is 15.5 Å². The lowest BCUT2D eigenvalue weighted by molar-refractivity contribution is -0.118. The van der Waals surface area contributed by atoms with Gasteiger partial charge in [0, 0.05) is 12.1 Å². The molecule has 1 N–H and O–H groups in total. The number of carbonyl (C=O) groups excluding carboxylic acids is 1. The van der Waals surface area contributed by atoms with Crippen molar-refractivity contribution >= 4 is 17.7 Å². The number of fused-ring (bicyclic) bond motifs is 1. The molecule has 2 heterocycles. The van der Waals surface area contributed by atoms with Crippen LogP contribution in [0.25, 0.3) is 11.5 Å². The third kappa shape index (κ3) is 4.42. The Hall–Kier alpha value is -3.07. The Bertz CT molecular complexity index is 978. The number of hydrogen-bond donors (Lipinski definition) is 1. The molecular formula is C19H16FN3O4S. The van der Waals surface area contributed by atoms with Crippen LogP contribution in [0, 0.1) is 5.82 Å². The van der Waals surface area contributed by atoms with Gasteiger partial charge in [-0.3, -0.25) is 4.79 Å². The molecule has 0 bridgehead atoms. The Labute approximate surface area is 164 Å². The fourth-order valence-corrected chi connectivity index (χ4v) is 3.14. The largest absolute Gasteiger partial charge is 0.486 e. The predicted octanol–water partition coefficient (Wildman–Crippen LogP) is 3.06.